The maximum absolute atomic E-state index is 7.17. The first-order chi connectivity index (χ1) is 37.5. The number of anilines is 4. The highest BCUT2D eigenvalue weighted by atomic mass is 16.5. The van der Waals surface area contributed by atoms with Crippen LogP contribution in [0.25, 0.3) is 82.9 Å². The maximum atomic E-state index is 7.17. The normalized spacial score (nSPS) is 13.1. The Morgan fingerprint density at radius 3 is 1.81 bits per heavy atom. The van der Waals surface area contributed by atoms with Gasteiger partial charge in [-0.1, -0.05) is 202 Å². The van der Waals surface area contributed by atoms with Crippen molar-refractivity contribution < 1.29 is 9.15 Å². The number of hydrogen-bond donors (Lipinski definition) is 0. The third kappa shape index (κ3) is 8.57. The van der Waals surface area contributed by atoms with E-state index < -0.39 is 0 Å². The first kappa shape index (κ1) is 48.8. The van der Waals surface area contributed by atoms with Gasteiger partial charge in [-0.05, 0) is 121 Å². The van der Waals surface area contributed by atoms with Crippen molar-refractivity contribution in [2.75, 3.05) is 16.5 Å². The van der Waals surface area contributed by atoms with Gasteiger partial charge in [0.25, 0.3) is 0 Å². The van der Waals surface area contributed by atoms with Crippen molar-refractivity contribution in [1.82, 2.24) is 9.55 Å². The highest BCUT2D eigenvalue weighted by Crippen LogP contribution is 2.52. The van der Waals surface area contributed by atoms with E-state index in [1.54, 1.807) is 0 Å². The third-order valence-corrected chi connectivity index (χ3v) is 15.7. The second-order valence-electron chi connectivity index (χ2n) is 24.1. The quantitative estimate of drug-likeness (QED) is 0.152. The number of furan rings is 1. The zero-order chi connectivity index (χ0) is 53.7. The van der Waals surface area contributed by atoms with Crippen LogP contribution < -0.4 is 14.5 Å². The molecule has 1 aliphatic heterocycles. The van der Waals surface area contributed by atoms with E-state index in [1.807, 2.05) is 6.20 Å². The van der Waals surface area contributed by atoms with Gasteiger partial charge in [0.05, 0.1) is 28.0 Å². The van der Waals surface area contributed by atoms with E-state index in [9.17, 15) is 0 Å². The van der Waals surface area contributed by atoms with E-state index in [4.69, 9.17) is 14.1 Å². The summed E-state index contributed by atoms with van der Waals surface area (Å²) in [6.45, 7) is 21.2. The lowest BCUT2D eigenvalue weighted by molar-refractivity contribution is 0.483. The molecule has 6 heteroatoms. The minimum absolute atomic E-state index is 0.0465. The predicted molar refractivity (Wildman–Crippen MR) is 327 cm³/mol. The van der Waals surface area contributed by atoms with Crippen molar-refractivity contribution in [3.8, 4) is 50.7 Å². The van der Waals surface area contributed by atoms with Crippen LogP contribution in [0.4, 0.5) is 22.7 Å². The summed E-state index contributed by atoms with van der Waals surface area (Å²) in [5.41, 5.74) is 18.7. The molecule has 0 N–H and O–H groups in total. The smallest absolute Gasteiger partial charge is 0.161 e. The van der Waals surface area contributed by atoms with Crippen molar-refractivity contribution >= 4 is 66.5 Å². The van der Waals surface area contributed by atoms with Gasteiger partial charge < -0.3 is 19.0 Å². The molecule has 0 spiro atoms. The maximum Gasteiger partial charge on any atom is 0.161 e. The molecule has 0 fully saturated rings. The molecule has 78 heavy (non-hydrogen) atoms. The Bertz CT molecular complexity index is 4250. The summed E-state index contributed by atoms with van der Waals surface area (Å²) < 4.78 is 16.3. The fourth-order valence-corrected chi connectivity index (χ4v) is 11.5. The van der Waals surface area contributed by atoms with Gasteiger partial charge in [0.2, 0.25) is 0 Å². The summed E-state index contributed by atoms with van der Waals surface area (Å²) in [6, 6.07) is 74.5. The lowest BCUT2D eigenvalue weighted by Gasteiger charge is -2.29. The van der Waals surface area contributed by atoms with E-state index in [2.05, 4.69) is 283 Å². The van der Waals surface area contributed by atoms with E-state index in [1.165, 1.54) is 44.6 Å². The van der Waals surface area contributed by atoms with Gasteiger partial charge in [-0.3, -0.25) is 4.57 Å². The molecule has 12 aromatic rings. The van der Waals surface area contributed by atoms with Crippen LogP contribution in [0.15, 0.2) is 217 Å². The van der Waals surface area contributed by atoms with Crippen LogP contribution in [0.2, 0.25) is 0 Å². The molecular weight excluding hydrogens is 953 g/mol. The summed E-state index contributed by atoms with van der Waals surface area (Å²) >= 11 is 0. The first-order valence-electron chi connectivity index (χ1n) is 27.3. The molecule has 384 valence electrons. The van der Waals surface area contributed by atoms with Crippen molar-refractivity contribution in [3.05, 3.63) is 229 Å². The lowest BCUT2D eigenvalue weighted by atomic mass is 9.78. The number of fused-ring (bicyclic) bond motifs is 8. The fraction of sp³-hybridized carbons (Fsp3) is 0.181. The predicted octanol–water partition coefficient (Wildman–Crippen LogP) is 20.0. The van der Waals surface area contributed by atoms with E-state index in [0.29, 0.717) is 12.4 Å². The first-order valence-corrected chi connectivity index (χ1v) is 27.3. The topological polar surface area (TPSA) is 46.7 Å². The van der Waals surface area contributed by atoms with Gasteiger partial charge in [-0.2, -0.15) is 0 Å². The Hall–Kier alpha value is -8.87. The van der Waals surface area contributed by atoms with Crippen molar-refractivity contribution in [3.63, 3.8) is 0 Å². The highest BCUT2D eigenvalue weighted by Gasteiger charge is 2.33. The summed E-state index contributed by atoms with van der Waals surface area (Å²) in [6.07, 6.45) is 1.93. The largest absolute Gasteiger partial charge is 0.457 e. The second-order valence-corrected chi connectivity index (χ2v) is 24.1. The molecule has 0 saturated carbocycles. The highest BCUT2D eigenvalue weighted by molar-refractivity contribution is 6.24. The Morgan fingerprint density at radius 2 is 1.10 bits per heavy atom. The Balaban J connectivity index is 0.969. The fourth-order valence-electron chi connectivity index (χ4n) is 11.5. The van der Waals surface area contributed by atoms with Crippen molar-refractivity contribution in [2.45, 2.75) is 78.6 Å². The number of pyridine rings is 1. The number of para-hydroxylation sites is 3. The number of rotatable bonds is 8. The van der Waals surface area contributed by atoms with E-state index in [-0.39, 0.29) is 16.2 Å². The molecule has 0 atom stereocenters. The minimum atomic E-state index is -0.0880. The van der Waals surface area contributed by atoms with Gasteiger partial charge in [-0.15, -0.1) is 0 Å². The lowest BCUT2D eigenvalue weighted by Crippen LogP contribution is -2.25. The molecule has 0 saturated heterocycles. The number of ether oxygens (including phenoxy) is 1. The summed E-state index contributed by atoms with van der Waals surface area (Å²) in [5.74, 6) is 2.26. The molecule has 0 aliphatic carbocycles. The van der Waals surface area contributed by atoms with Crippen molar-refractivity contribution in [1.29, 1.82) is 0 Å². The van der Waals surface area contributed by atoms with Crippen LogP contribution in [0, 0.1) is 0 Å². The summed E-state index contributed by atoms with van der Waals surface area (Å²) in [5, 5.41) is 4.35. The van der Waals surface area contributed by atoms with Crippen LogP contribution in [0.5, 0.6) is 11.5 Å². The van der Waals surface area contributed by atoms with Crippen LogP contribution in [0.1, 0.15) is 79.0 Å². The molecule has 0 amide bonds. The monoisotopic (exact) mass is 1020 g/mol. The number of aromatic nitrogens is 2. The van der Waals surface area contributed by atoms with Crippen LogP contribution in [-0.2, 0) is 16.2 Å². The minimum Gasteiger partial charge on any atom is -0.457 e. The zero-order valence-electron chi connectivity index (χ0n) is 46.0. The third-order valence-electron chi connectivity index (χ3n) is 15.7. The average molecular weight is 1020 g/mol. The second kappa shape index (κ2) is 18.4. The number of nitrogens with zero attached hydrogens (tertiary/aromatic N) is 4. The van der Waals surface area contributed by atoms with Crippen LogP contribution >= 0.6 is 0 Å². The standard InChI is InChI=1S/C72H64N4O2/c1-70(2,3)51-35-36-73-65(42-51)76-63-44-55(32-33-60(63)69-68(76)66-57-26-17-16-25-48(57)31-34-64(66)78-69)77-56-40-49(46-21-12-10-13-22-46)39-54(43-56)74-45-75(62-30-19-18-29-61(62)74)67-58(47-23-14-11-15-24-47)27-20-28-59(67)50-37-52(71(4,5)6)41-53(38-50)72(7,8)9/h10-44H,45H2,1-9H3. The molecule has 9 aromatic carbocycles. The Labute approximate surface area is 457 Å². The Kier molecular flexibility index (Phi) is 11.5. The summed E-state index contributed by atoms with van der Waals surface area (Å²) in [7, 11) is 0. The van der Waals surface area contributed by atoms with Gasteiger partial charge >= 0.3 is 0 Å². The molecule has 0 unspecified atom stereocenters. The molecule has 4 heterocycles. The average Bonchev–Trinajstić information content (AvgIpc) is 3.97. The van der Waals surface area contributed by atoms with Gasteiger partial charge in [0.1, 0.15) is 35.1 Å². The van der Waals surface area contributed by atoms with Crippen LogP contribution in [-0.4, -0.2) is 16.2 Å². The molecule has 3 aromatic heterocycles. The van der Waals surface area contributed by atoms with Gasteiger partial charge in [-0.25, -0.2) is 4.98 Å². The number of hydrogen-bond acceptors (Lipinski definition) is 5. The molecule has 1 aliphatic rings. The van der Waals surface area contributed by atoms with Gasteiger partial charge in [0.15, 0.2) is 5.58 Å². The van der Waals surface area contributed by atoms with E-state index >= 15 is 0 Å². The SMILES string of the molecule is CC(C)(C)c1cc(-c2cccc(-c3ccccc3)c2N2CN(c3cc(Oc4ccc5c6oc7ccc8ccccc8c7c6n(-c6cc(C(C)(C)C)ccn6)c5c4)cc(-c4ccccc4)c3)c3ccccc32)cc(C(C)(C)C)c1. The van der Waals surface area contributed by atoms with Gasteiger partial charge in [0, 0.05) is 40.5 Å². The molecular formula is C72H64N4O2. The summed E-state index contributed by atoms with van der Waals surface area (Å²) in [4.78, 5) is 10.0. The van der Waals surface area contributed by atoms with Crippen molar-refractivity contribution in [2.24, 2.45) is 0 Å². The number of benzene rings is 9. The zero-order valence-corrected chi connectivity index (χ0v) is 46.0. The van der Waals surface area contributed by atoms with E-state index in [0.717, 1.165) is 83.5 Å². The molecule has 13 rings (SSSR count). The molecule has 0 radical (unpaired) electrons. The molecule has 6 nitrogen and oxygen atoms in total. The van der Waals surface area contributed by atoms with Crippen LogP contribution in [0.3, 0.4) is 0 Å². The molecule has 0 bridgehead atoms. The Morgan fingerprint density at radius 1 is 0.462 bits per heavy atom.